The summed E-state index contributed by atoms with van der Waals surface area (Å²) in [5, 5.41) is 2.71. The number of nitrogens with one attached hydrogen (secondary N) is 1. The standard InChI is InChI=1S/C15H21NO4/c1-4-20-14-11-12(5-7-13(14)19-3)6-8-15(17)16-9-10-18-2/h5-8,11H,4,9-10H2,1-3H3,(H,16,17)/b8-6+. The lowest BCUT2D eigenvalue weighted by atomic mass is 10.2. The molecule has 0 saturated heterocycles. The smallest absolute Gasteiger partial charge is 0.244 e. The molecule has 0 heterocycles. The molecule has 0 atom stereocenters. The summed E-state index contributed by atoms with van der Waals surface area (Å²) in [4.78, 5) is 11.5. The molecule has 0 aliphatic heterocycles. The van der Waals surface area contributed by atoms with Crippen LogP contribution >= 0.6 is 0 Å². The third-order valence-corrected chi connectivity index (χ3v) is 2.52. The van der Waals surface area contributed by atoms with Gasteiger partial charge in [-0.1, -0.05) is 6.07 Å². The third-order valence-electron chi connectivity index (χ3n) is 2.52. The number of benzene rings is 1. The molecular weight excluding hydrogens is 258 g/mol. The normalized spacial score (nSPS) is 10.6. The predicted molar refractivity (Wildman–Crippen MR) is 78.1 cm³/mol. The molecule has 0 aliphatic rings. The van der Waals surface area contributed by atoms with Crippen LogP contribution < -0.4 is 14.8 Å². The molecule has 0 bridgehead atoms. The summed E-state index contributed by atoms with van der Waals surface area (Å²) in [5.74, 6) is 1.18. The molecule has 0 fully saturated rings. The lowest BCUT2D eigenvalue weighted by molar-refractivity contribution is -0.116. The molecule has 0 unspecified atom stereocenters. The molecule has 1 N–H and O–H groups in total. The maximum absolute atomic E-state index is 11.5. The number of carbonyl (C=O) groups is 1. The van der Waals surface area contributed by atoms with Crippen molar-refractivity contribution in [1.29, 1.82) is 0 Å². The van der Waals surface area contributed by atoms with Gasteiger partial charge in [0.1, 0.15) is 0 Å². The van der Waals surface area contributed by atoms with E-state index >= 15 is 0 Å². The van der Waals surface area contributed by atoms with Crippen LogP contribution in [0.4, 0.5) is 0 Å². The van der Waals surface area contributed by atoms with Gasteiger partial charge in [-0.15, -0.1) is 0 Å². The van der Waals surface area contributed by atoms with E-state index < -0.39 is 0 Å². The fourth-order valence-corrected chi connectivity index (χ4v) is 1.57. The number of rotatable bonds is 8. The first-order valence-electron chi connectivity index (χ1n) is 6.47. The van der Waals surface area contributed by atoms with E-state index in [9.17, 15) is 4.79 Å². The van der Waals surface area contributed by atoms with Gasteiger partial charge < -0.3 is 19.5 Å². The van der Waals surface area contributed by atoms with Gasteiger partial charge in [0.15, 0.2) is 11.5 Å². The van der Waals surface area contributed by atoms with Crippen molar-refractivity contribution < 1.29 is 19.0 Å². The van der Waals surface area contributed by atoms with Gasteiger partial charge in [0, 0.05) is 19.7 Å². The zero-order chi connectivity index (χ0) is 14.8. The topological polar surface area (TPSA) is 56.8 Å². The summed E-state index contributed by atoms with van der Waals surface area (Å²) in [7, 11) is 3.19. The molecule has 0 aromatic heterocycles. The number of methoxy groups -OCH3 is 2. The summed E-state index contributed by atoms with van der Waals surface area (Å²) in [6.07, 6.45) is 3.21. The number of hydrogen-bond acceptors (Lipinski definition) is 4. The molecule has 5 heteroatoms. The van der Waals surface area contributed by atoms with Crippen LogP contribution in [0.25, 0.3) is 6.08 Å². The Hall–Kier alpha value is -2.01. The van der Waals surface area contributed by atoms with E-state index in [4.69, 9.17) is 14.2 Å². The molecule has 1 amide bonds. The van der Waals surface area contributed by atoms with Crippen molar-refractivity contribution in [1.82, 2.24) is 5.32 Å². The molecule has 1 aromatic carbocycles. The Morgan fingerprint density at radius 2 is 2.10 bits per heavy atom. The highest BCUT2D eigenvalue weighted by Crippen LogP contribution is 2.28. The van der Waals surface area contributed by atoms with Gasteiger partial charge in [0.2, 0.25) is 5.91 Å². The van der Waals surface area contributed by atoms with Crippen LogP contribution in [0, 0.1) is 0 Å². The Kier molecular flexibility index (Phi) is 7.21. The van der Waals surface area contributed by atoms with Gasteiger partial charge >= 0.3 is 0 Å². The average molecular weight is 279 g/mol. The van der Waals surface area contributed by atoms with Crippen LogP contribution in [0.3, 0.4) is 0 Å². The Labute approximate surface area is 119 Å². The predicted octanol–water partition coefficient (Wildman–Crippen LogP) is 1.87. The molecule has 5 nitrogen and oxygen atoms in total. The molecule has 20 heavy (non-hydrogen) atoms. The zero-order valence-corrected chi connectivity index (χ0v) is 12.1. The van der Waals surface area contributed by atoms with Crippen LogP contribution in [0.2, 0.25) is 0 Å². The summed E-state index contributed by atoms with van der Waals surface area (Å²) in [5.41, 5.74) is 0.871. The Bertz CT molecular complexity index is 457. The SMILES string of the molecule is CCOc1cc(/C=C/C(=O)NCCOC)ccc1OC. The monoisotopic (exact) mass is 279 g/mol. The number of carbonyl (C=O) groups excluding carboxylic acids is 1. The Morgan fingerprint density at radius 3 is 2.75 bits per heavy atom. The van der Waals surface area contributed by atoms with E-state index in [1.807, 2.05) is 25.1 Å². The maximum atomic E-state index is 11.5. The first kappa shape index (κ1) is 16.0. The fourth-order valence-electron chi connectivity index (χ4n) is 1.57. The van der Waals surface area contributed by atoms with E-state index in [0.29, 0.717) is 31.3 Å². The quantitative estimate of drug-likeness (QED) is 0.583. The van der Waals surface area contributed by atoms with Crippen molar-refractivity contribution in [2.45, 2.75) is 6.92 Å². The minimum Gasteiger partial charge on any atom is -0.493 e. The van der Waals surface area contributed by atoms with Gasteiger partial charge in [-0.3, -0.25) is 4.79 Å². The molecule has 110 valence electrons. The second kappa shape index (κ2) is 8.98. The van der Waals surface area contributed by atoms with Crippen LogP contribution in [-0.2, 0) is 9.53 Å². The van der Waals surface area contributed by atoms with Crippen molar-refractivity contribution in [2.75, 3.05) is 34.0 Å². The first-order valence-corrected chi connectivity index (χ1v) is 6.47. The Balaban J connectivity index is 2.67. The fraction of sp³-hybridized carbons (Fsp3) is 0.400. The highest BCUT2D eigenvalue weighted by Gasteiger charge is 2.04. The third kappa shape index (κ3) is 5.32. The van der Waals surface area contributed by atoms with Crippen molar-refractivity contribution in [3.63, 3.8) is 0 Å². The summed E-state index contributed by atoms with van der Waals surface area (Å²) in [6, 6.07) is 5.51. The Morgan fingerprint density at radius 1 is 1.30 bits per heavy atom. The van der Waals surface area contributed by atoms with Gasteiger partial charge in [-0.05, 0) is 30.7 Å². The van der Waals surface area contributed by atoms with E-state index in [1.165, 1.54) is 6.08 Å². The maximum Gasteiger partial charge on any atom is 0.244 e. The first-order chi connectivity index (χ1) is 9.71. The van der Waals surface area contributed by atoms with Gasteiger partial charge in [-0.25, -0.2) is 0 Å². The molecule has 0 radical (unpaired) electrons. The largest absolute Gasteiger partial charge is 0.493 e. The van der Waals surface area contributed by atoms with Gasteiger partial charge in [-0.2, -0.15) is 0 Å². The van der Waals surface area contributed by atoms with Crippen molar-refractivity contribution in [2.24, 2.45) is 0 Å². The average Bonchev–Trinajstić information content (AvgIpc) is 2.46. The second-order valence-corrected chi connectivity index (χ2v) is 3.96. The molecule has 0 aliphatic carbocycles. The zero-order valence-electron chi connectivity index (χ0n) is 12.1. The van der Waals surface area contributed by atoms with Crippen LogP contribution in [0.5, 0.6) is 11.5 Å². The highest BCUT2D eigenvalue weighted by molar-refractivity contribution is 5.91. The minimum atomic E-state index is -0.157. The van der Waals surface area contributed by atoms with Crippen LogP contribution in [0.1, 0.15) is 12.5 Å². The second-order valence-electron chi connectivity index (χ2n) is 3.96. The van der Waals surface area contributed by atoms with E-state index in [2.05, 4.69) is 5.32 Å². The highest BCUT2D eigenvalue weighted by atomic mass is 16.5. The number of hydrogen-bond donors (Lipinski definition) is 1. The van der Waals surface area contributed by atoms with Crippen molar-refractivity contribution >= 4 is 12.0 Å². The number of ether oxygens (including phenoxy) is 3. The van der Waals surface area contributed by atoms with Crippen LogP contribution in [0.15, 0.2) is 24.3 Å². The summed E-state index contributed by atoms with van der Waals surface area (Å²) in [6.45, 7) is 3.45. The van der Waals surface area contributed by atoms with Crippen molar-refractivity contribution in [3.8, 4) is 11.5 Å². The molecule has 1 rings (SSSR count). The van der Waals surface area contributed by atoms with Gasteiger partial charge in [0.25, 0.3) is 0 Å². The van der Waals surface area contributed by atoms with Crippen molar-refractivity contribution in [3.05, 3.63) is 29.8 Å². The van der Waals surface area contributed by atoms with E-state index in [-0.39, 0.29) is 5.91 Å². The summed E-state index contributed by atoms with van der Waals surface area (Å²) < 4.78 is 15.5. The lowest BCUT2D eigenvalue weighted by Gasteiger charge is -2.09. The van der Waals surface area contributed by atoms with E-state index in [0.717, 1.165) is 5.56 Å². The molecular formula is C15H21NO4. The lowest BCUT2D eigenvalue weighted by Crippen LogP contribution is -2.24. The summed E-state index contributed by atoms with van der Waals surface area (Å²) >= 11 is 0. The molecule has 1 aromatic rings. The van der Waals surface area contributed by atoms with E-state index in [1.54, 1.807) is 20.3 Å². The molecule has 0 spiro atoms. The van der Waals surface area contributed by atoms with Gasteiger partial charge in [0.05, 0.1) is 20.3 Å². The van der Waals surface area contributed by atoms with Crippen LogP contribution in [-0.4, -0.2) is 39.9 Å². The minimum absolute atomic E-state index is 0.157. The molecule has 0 saturated carbocycles. The number of amides is 1.